The Balaban J connectivity index is 4.19. The highest BCUT2D eigenvalue weighted by Gasteiger charge is 2.20. The second kappa shape index (κ2) is 8.12. The molecule has 0 aromatic rings. The van der Waals surface area contributed by atoms with Crippen molar-refractivity contribution in [3.05, 3.63) is 5.21 Å². The van der Waals surface area contributed by atoms with Crippen LogP contribution in [-0.2, 0) is 0 Å². The number of hydrogen-bond donors (Lipinski definition) is 3. The molecule has 6 heteroatoms. The Hall–Kier alpha value is -1.14. The van der Waals surface area contributed by atoms with Crippen LogP contribution in [0.5, 0.6) is 0 Å². The summed E-state index contributed by atoms with van der Waals surface area (Å²) in [6.07, 6.45) is 0. The van der Waals surface area contributed by atoms with Crippen LogP contribution in [0.4, 0.5) is 0 Å². The lowest BCUT2D eigenvalue weighted by Crippen LogP contribution is -2.46. The van der Waals surface area contributed by atoms with Crippen LogP contribution in [0.25, 0.3) is 0 Å². The van der Waals surface area contributed by atoms with E-state index in [1.165, 1.54) is 0 Å². The van der Waals surface area contributed by atoms with Crippen LogP contribution < -0.4 is 10.6 Å². The molecule has 0 aliphatic carbocycles. The van der Waals surface area contributed by atoms with Gasteiger partial charge in [-0.1, -0.05) is 19.0 Å². The summed E-state index contributed by atoms with van der Waals surface area (Å²) in [5.74, 6) is 0. The molecule has 0 bridgehead atoms. The van der Waals surface area contributed by atoms with E-state index >= 15 is 0 Å². The number of oxime groups is 1. The van der Waals surface area contributed by atoms with Gasteiger partial charge in [-0.05, 0) is 33.1 Å². The highest BCUT2D eigenvalue weighted by molar-refractivity contribution is 5.87. The maximum atomic E-state index is 10.4. The summed E-state index contributed by atoms with van der Waals surface area (Å²) in [5.41, 5.74) is 1.23. The Morgan fingerprint density at radius 3 is 1.89 bits per heavy atom. The molecule has 0 aromatic heterocycles. The average molecular weight is 271 g/mol. The molecular weight excluding hydrogens is 244 g/mol. The first kappa shape index (κ1) is 17.9. The highest BCUT2D eigenvalue weighted by Crippen LogP contribution is 2.12. The van der Waals surface area contributed by atoms with E-state index in [1.807, 2.05) is 13.8 Å². The molecule has 3 N–H and O–H groups in total. The van der Waals surface area contributed by atoms with Crippen LogP contribution in [0.3, 0.4) is 0 Å². The molecule has 0 fully saturated rings. The Labute approximate surface area is 116 Å². The molecule has 0 rings (SSSR count). The smallest absolute Gasteiger partial charge is 0.0706 e. The molecule has 0 heterocycles. The molecule has 0 radical (unpaired) electrons. The summed E-state index contributed by atoms with van der Waals surface area (Å²) in [6, 6.07) is 0.0153. The SMILES string of the molecule is C/C(=N\[O-])[C@@H](C)NCC(C)(C)CN[C@H](C)/C(C)=N/O. The van der Waals surface area contributed by atoms with Crippen molar-refractivity contribution >= 4 is 11.4 Å². The van der Waals surface area contributed by atoms with Crippen molar-refractivity contribution in [1.82, 2.24) is 10.6 Å². The summed E-state index contributed by atoms with van der Waals surface area (Å²) in [5, 5.41) is 31.8. The summed E-state index contributed by atoms with van der Waals surface area (Å²) >= 11 is 0. The fraction of sp³-hybridized carbons (Fsp3) is 0.846. The topological polar surface area (TPSA) is 92.1 Å². The second-order valence-corrected chi connectivity index (χ2v) is 5.84. The molecular formula is C13H27N4O2-. The van der Waals surface area contributed by atoms with Gasteiger partial charge in [0.1, 0.15) is 0 Å². The van der Waals surface area contributed by atoms with Crippen molar-refractivity contribution in [3.63, 3.8) is 0 Å². The molecule has 6 nitrogen and oxygen atoms in total. The van der Waals surface area contributed by atoms with E-state index < -0.39 is 0 Å². The lowest BCUT2D eigenvalue weighted by molar-refractivity contribution is 0.303. The second-order valence-electron chi connectivity index (χ2n) is 5.84. The minimum Gasteiger partial charge on any atom is -0.792 e. The monoisotopic (exact) mass is 271 g/mol. The van der Waals surface area contributed by atoms with Gasteiger partial charge in [-0.3, -0.25) is 0 Å². The van der Waals surface area contributed by atoms with Crippen LogP contribution in [0, 0.1) is 10.6 Å². The van der Waals surface area contributed by atoms with Gasteiger partial charge in [0.15, 0.2) is 0 Å². The fourth-order valence-electron chi connectivity index (χ4n) is 1.38. The van der Waals surface area contributed by atoms with Crippen LogP contribution in [0.2, 0.25) is 0 Å². The van der Waals surface area contributed by atoms with Crippen molar-refractivity contribution in [2.75, 3.05) is 13.1 Å². The van der Waals surface area contributed by atoms with Crippen LogP contribution in [0.1, 0.15) is 41.5 Å². The van der Waals surface area contributed by atoms with Gasteiger partial charge in [-0.15, -0.1) is 0 Å². The number of rotatable bonds is 8. The van der Waals surface area contributed by atoms with Gasteiger partial charge in [-0.2, -0.15) is 0 Å². The zero-order valence-corrected chi connectivity index (χ0v) is 12.8. The fourth-order valence-corrected chi connectivity index (χ4v) is 1.38. The van der Waals surface area contributed by atoms with Crippen molar-refractivity contribution in [2.45, 2.75) is 53.6 Å². The van der Waals surface area contributed by atoms with Crippen molar-refractivity contribution < 1.29 is 5.21 Å². The van der Waals surface area contributed by atoms with Crippen LogP contribution in [-0.4, -0.2) is 41.8 Å². The molecule has 0 aliphatic heterocycles. The normalized spacial score (nSPS) is 17.4. The van der Waals surface area contributed by atoms with E-state index in [2.05, 4.69) is 34.8 Å². The molecule has 0 aromatic carbocycles. The van der Waals surface area contributed by atoms with E-state index in [0.29, 0.717) is 11.4 Å². The third-order valence-corrected chi connectivity index (χ3v) is 3.33. The Morgan fingerprint density at radius 2 is 1.53 bits per heavy atom. The van der Waals surface area contributed by atoms with Gasteiger partial charge in [0.05, 0.1) is 5.71 Å². The standard InChI is InChI=1S/C13H28N4O2/c1-9(11(3)16-18)14-7-13(5,6)8-15-10(2)12(4)17-19/h9-10,14-15,18-19H,7-8H2,1-6H3/p-1/b16-11+,17-12+/t9-,10-/m1/s1. The maximum Gasteiger partial charge on any atom is 0.0706 e. The van der Waals surface area contributed by atoms with Crippen LogP contribution in [0.15, 0.2) is 10.3 Å². The average Bonchev–Trinajstić information content (AvgIpc) is 2.40. The number of hydrogen-bond acceptors (Lipinski definition) is 6. The third-order valence-electron chi connectivity index (χ3n) is 3.33. The Morgan fingerprint density at radius 1 is 1.11 bits per heavy atom. The quantitative estimate of drug-likeness (QED) is 0.356. The molecule has 112 valence electrons. The first-order valence-corrected chi connectivity index (χ1v) is 6.55. The minimum absolute atomic E-state index is 0.0153. The van der Waals surface area contributed by atoms with Gasteiger partial charge in [-0.25, -0.2) is 0 Å². The molecule has 0 unspecified atom stereocenters. The molecule has 19 heavy (non-hydrogen) atoms. The van der Waals surface area contributed by atoms with Crippen molar-refractivity contribution in [2.24, 2.45) is 15.7 Å². The van der Waals surface area contributed by atoms with E-state index in [1.54, 1.807) is 13.8 Å². The number of nitrogens with zero attached hydrogens (tertiary/aromatic N) is 2. The van der Waals surface area contributed by atoms with E-state index in [-0.39, 0.29) is 17.5 Å². The highest BCUT2D eigenvalue weighted by atomic mass is 16.4. The maximum absolute atomic E-state index is 10.4. The largest absolute Gasteiger partial charge is 0.792 e. The van der Waals surface area contributed by atoms with Gasteiger partial charge in [0, 0.05) is 30.9 Å². The summed E-state index contributed by atoms with van der Waals surface area (Å²) < 4.78 is 0. The lowest BCUT2D eigenvalue weighted by Gasteiger charge is -2.29. The molecule has 0 saturated heterocycles. The molecule has 0 saturated carbocycles. The van der Waals surface area contributed by atoms with Gasteiger partial charge < -0.3 is 26.2 Å². The zero-order chi connectivity index (χ0) is 15.1. The molecule has 2 atom stereocenters. The molecule has 0 aliphatic rings. The molecule has 0 amide bonds. The number of nitrogens with one attached hydrogen (secondary N) is 2. The van der Waals surface area contributed by atoms with E-state index in [0.717, 1.165) is 13.1 Å². The summed E-state index contributed by atoms with van der Waals surface area (Å²) in [6.45, 7) is 13.2. The third kappa shape index (κ3) is 7.12. The zero-order valence-electron chi connectivity index (χ0n) is 12.8. The predicted molar refractivity (Wildman–Crippen MR) is 80.1 cm³/mol. The molecule has 0 spiro atoms. The Kier molecular flexibility index (Phi) is 7.63. The first-order chi connectivity index (χ1) is 8.73. The van der Waals surface area contributed by atoms with Crippen molar-refractivity contribution in [3.8, 4) is 0 Å². The van der Waals surface area contributed by atoms with Crippen LogP contribution >= 0.6 is 0 Å². The van der Waals surface area contributed by atoms with E-state index in [4.69, 9.17) is 5.21 Å². The van der Waals surface area contributed by atoms with Gasteiger partial charge >= 0.3 is 0 Å². The lowest BCUT2D eigenvalue weighted by atomic mass is 9.92. The van der Waals surface area contributed by atoms with E-state index in [9.17, 15) is 5.21 Å². The first-order valence-electron chi connectivity index (χ1n) is 6.55. The predicted octanol–water partition coefficient (Wildman–Crippen LogP) is 1.78. The van der Waals surface area contributed by atoms with Gasteiger partial charge in [0.2, 0.25) is 0 Å². The van der Waals surface area contributed by atoms with Crippen molar-refractivity contribution in [1.29, 1.82) is 0 Å². The summed E-state index contributed by atoms with van der Waals surface area (Å²) in [7, 11) is 0. The minimum atomic E-state index is -0.0186. The Bertz CT molecular complexity index is 297. The van der Waals surface area contributed by atoms with Gasteiger partial charge in [0.25, 0.3) is 0 Å². The summed E-state index contributed by atoms with van der Waals surface area (Å²) in [4.78, 5) is 0.